The maximum Gasteiger partial charge on any atom is 0.275 e. The van der Waals surface area contributed by atoms with Gasteiger partial charge < -0.3 is 10.2 Å². The van der Waals surface area contributed by atoms with Crippen molar-refractivity contribution in [2.24, 2.45) is 0 Å². The molecule has 0 saturated carbocycles. The molecule has 1 amide bonds. The van der Waals surface area contributed by atoms with Crippen molar-refractivity contribution >= 4 is 17.3 Å². The fourth-order valence-corrected chi connectivity index (χ4v) is 1.59. The van der Waals surface area contributed by atoms with Crippen LogP contribution in [0.15, 0.2) is 12.1 Å². The number of benzene rings is 1. The Morgan fingerprint density at radius 1 is 1.35 bits per heavy atom. The highest BCUT2D eigenvalue weighted by atomic mass is 19.1. The van der Waals surface area contributed by atoms with Crippen LogP contribution in [-0.2, 0) is 4.79 Å². The van der Waals surface area contributed by atoms with E-state index in [1.165, 1.54) is 0 Å². The van der Waals surface area contributed by atoms with Gasteiger partial charge in [-0.15, -0.1) is 0 Å². The van der Waals surface area contributed by atoms with E-state index < -0.39 is 27.9 Å². The zero-order valence-electron chi connectivity index (χ0n) is 8.44. The quantitative estimate of drug-likeness (QED) is 0.614. The largest absolute Gasteiger partial charge is 0.340 e. The summed E-state index contributed by atoms with van der Waals surface area (Å²) >= 11 is 0. The van der Waals surface area contributed by atoms with Crippen molar-refractivity contribution in [3.63, 3.8) is 0 Å². The second kappa shape index (κ2) is 3.96. The van der Waals surface area contributed by atoms with Crippen molar-refractivity contribution < 1.29 is 18.5 Å². The molecule has 1 aliphatic rings. The summed E-state index contributed by atoms with van der Waals surface area (Å²) < 4.78 is 27.1. The Bertz CT molecular complexity index is 483. The molecular weight excluding hydrogens is 236 g/mol. The van der Waals surface area contributed by atoms with E-state index in [2.05, 4.69) is 5.32 Å². The zero-order chi connectivity index (χ0) is 12.6. The average Bonchev–Trinajstić information content (AvgIpc) is 2.63. The van der Waals surface area contributed by atoms with Gasteiger partial charge in [-0.25, -0.2) is 8.78 Å². The summed E-state index contributed by atoms with van der Waals surface area (Å²) in [4.78, 5) is 21.6. The first kappa shape index (κ1) is 11.2. The Labute approximate surface area is 94.0 Å². The van der Waals surface area contributed by atoms with Gasteiger partial charge in [-0.05, 0) is 0 Å². The number of anilines is 1. The SMILES string of the molecule is O=C1CN(c2c(F)cc([N+](=O)[O-])cc2F)CN1. The lowest BCUT2D eigenvalue weighted by molar-refractivity contribution is -0.385. The first-order valence-electron chi connectivity index (χ1n) is 4.64. The number of carbonyl (C=O) groups excluding carboxylic acids is 1. The Hall–Kier alpha value is -2.25. The number of non-ortho nitro benzene ring substituents is 1. The third-order valence-electron chi connectivity index (χ3n) is 2.33. The molecular formula is C9H7F2N3O3. The van der Waals surface area contributed by atoms with Crippen LogP contribution in [0.3, 0.4) is 0 Å². The number of rotatable bonds is 2. The molecule has 0 radical (unpaired) electrons. The molecule has 1 aromatic carbocycles. The first-order chi connectivity index (χ1) is 7.99. The van der Waals surface area contributed by atoms with Crippen LogP contribution in [0.2, 0.25) is 0 Å². The minimum atomic E-state index is -1.06. The number of amides is 1. The van der Waals surface area contributed by atoms with E-state index in [-0.39, 0.29) is 19.1 Å². The van der Waals surface area contributed by atoms with Crippen molar-refractivity contribution in [2.45, 2.75) is 0 Å². The molecule has 0 aliphatic carbocycles. The summed E-state index contributed by atoms with van der Waals surface area (Å²) in [6.45, 7) is -0.198. The van der Waals surface area contributed by atoms with Crippen molar-refractivity contribution in [3.05, 3.63) is 33.9 Å². The van der Waals surface area contributed by atoms with E-state index in [9.17, 15) is 23.7 Å². The predicted octanol–water partition coefficient (Wildman–Crippen LogP) is 0.767. The minimum absolute atomic E-state index is 0.0233. The zero-order valence-corrected chi connectivity index (χ0v) is 8.44. The molecule has 8 heteroatoms. The molecule has 2 rings (SSSR count). The smallest absolute Gasteiger partial charge is 0.275 e. The summed E-state index contributed by atoms with van der Waals surface area (Å²) in [5.41, 5.74) is -1.10. The fraction of sp³-hybridized carbons (Fsp3) is 0.222. The van der Waals surface area contributed by atoms with Crippen LogP contribution in [0.4, 0.5) is 20.2 Å². The molecule has 0 spiro atoms. The molecule has 17 heavy (non-hydrogen) atoms. The third-order valence-corrected chi connectivity index (χ3v) is 2.33. The molecule has 1 N–H and O–H groups in total. The Morgan fingerprint density at radius 2 is 1.94 bits per heavy atom. The minimum Gasteiger partial charge on any atom is -0.340 e. The van der Waals surface area contributed by atoms with Crippen molar-refractivity contribution in [2.75, 3.05) is 18.1 Å². The number of nitrogens with one attached hydrogen (secondary N) is 1. The van der Waals surface area contributed by atoms with Crippen LogP contribution < -0.4 is 10.2 Å². The van der Waals surface area contributed by atoms with Gasteiger partial charge in [0.15, 0.2) is 11.6 Å². The van der Waals surface area contributed by atoms with Crippen LogP contribution in [-0.4, -0.2) is 24.0 Å². The molecule has 1 aromatic rings. The molecule has 1 fully saturated rings. The Morgan fingerprint density at radius 3 is 2.35 bits per heavy atom. The van der Waals surface area contributed by atoms with Crippen LogP contribution >= 0.6 is 0 Å². The topological polar surface area (TPSA) is 75.5 Å². The lowest BCUT2D eigenvalue weighted by Gasteiger charge is -2.16. The van der Waals surface area contributed by atoms with Gasteiger partial charge >= 0.3 is 0 Å². The van der Waals surface area contributed by atoms with E-state index in [1.54, 1.807) is 0 Å². The first-order valence-corrected chi connectivity index (χ1v) is 4.64. The van der Waals surface area contributed by atoms with E-state index in [4.69, 9.17) is 0 Å². The van der Waals surface area contributed by atoms with Gasteiger partial charge in [0.25, 0.3) is 5.69 Å². The van der Waals surface area contributed by atoms with Crippen LogP contribution in [0.25, 0.3) is 0 Å². The van der Waals surface area contributed by atoms with Gasteiger partial charge in [0.1, 0.15) is 5.69 Å². The highest BCUT2D eigenvalue weighted by Gasteiger charge is 2.26. The van der Waals surface area contributed by atoms with Gasteiger partial charge in [-0.2, -0.15) is 0 Å². The molecule has 0 unspecified atom stereocenters. The molecule has 1 aliphatic heterocycles. The summed E-state index contributed by atoms with van der Waals surface area (Å²) in [7, 11) is 0. The van der Waals surface area contributed by atoms with Gasteiger partial charge in [-0.1, -0.05) is 0 Å². The average molecular weight is 243 g/mol. The standard InChI is InChI=1S/C9H7F2N3O3/c10-6-1-5(14(16)17)2-7(11)9(6)13-3-8(15)12-4-13/h1-2H,3-4H2,(H,12,15). The number of nitrogens with zero attached hydrogens (tertiary/aromatic N) is 2. The Kier molecular flexibility index (Phi) is 2.62. The molecule has 1 heterocycles. The van der Waals surface area contributed by atoms with Crippen LogP contribution in [0, 0.1) is 21.7 Å². The summed E-state index contributed by atoms with van der Waals surface area (Å²) in [5, 5.41) is 12.8. The van der Waals surface area contributed by atoms with E-state index in [1.807, 2.05) is 0 Å². The van der Waals surface area contributed by atoms with Crippen LogP contribution in [0.5, 0.6) is 0 Å². The van der Waals surface area contributed by atoms with Crippen molar-refractivity contribution in [1.29, 1.82) is 0 Å². The molecule has 0 aromatic heterocycles. The van der Waals surface area contributed by atoms with Crippen molar-refractivity contribution in [1.82, 2.24) is 5.32 Å². The normalized spacial score (nSPS) is 14.9. The lowest BCUT2D eigenvalue weighted by Crippen LogP contribution is -2.23. The maximum absolute atomic E-state index is 13.5. The van der Waals surface area contributed by atoms with Crippen LogP contribution in [0.1, 0.15) is 0 Å². The molecule has 0 atom stereocenters. The maximum atomic E-state index is 13.5. The van der Waals surface area contributed by atoms with Gasteiger partial charge in [0, 0.05) is 0 Å². The molecule has 0 bridgehead atoms. The number of hydrogen-bond acceptors (Lipinski definition) is 4. The predicted molar refractivity (Wildman–Crippen MR) is 53.4 cm³/mol. The fourth-order valence-electron chi connectivity index (χ4n) is 1.59. The number of hydrogen-bond donors (Lipinski definition) is 1. The monoisotopic (exact) mass is 243 g/mol. The van der Waals surface area contributed by atoms with Gasteiger partial charge in [-0.3, -0.25) is 14.9 Å². The lowest BCUT2D eigenvalue weighted by atomic mass is 10.2. The molecule has 6 nitrogen and oxygen atoms in total. The molecule has 1 saturated heterocycles. The summed E-state index contributed by atoms with van der Waals surface area (Å²) in [6.07, 6.45) is 0. The van der Waals surface area contributed by atoms with E-state index in [0.717, 1.165) is 4.90 Å². The number of nitro groups is 1. The second-order valence-corrected chi connectivity index (χ2v) is 3.47. The van der Waals surface area contributed by atoms with E-state index in [0.29, 0.717) is 12.1 Å². The summed E-state index contributed by atoms with van der Waals surface area (Å²) in [5.74, 6) is -2.48. The third kappa shape index (κ3) is 2.01. The number of carbonyl (C=O) groups is 1. The number of nitro benzene ring substituents is 1. The Balaban J connectivity index is 2.41. The highest BCUT2D eigenvalue weighted by Crippen LogP contribution is 2.28. The van der Waals surface area contributed by atoms with Gasteiger partial charge in [0.05, 0.1) is 30.3 Å². The van der Waals surface area contributed by atoms with Gasteiger partial charge in [0.2, 0.25) is 5.91 Å². The number of halogens is 2. The van der Waals surface area contributed by atoms with Crippen molar-refractivity contribution in [3.8, 4) is 0 Å². The second-order valence-electron chi connectivity index (χ2n) is 3.47. The highest BCUT2D eigenvalue weighted by molar-refractivity contribution is 5.84. The summed E-state index contributed by atoms with van der Waals surface area (Å²) in [6, 6.07) is 1.25. The van der Waals surface area contributed by atoms with E-state index >= 15 is 0 Å². The molecule has 90 valence electrons.